The number of rotatable bonds is 2. The van der Waals surface area contributed by atoms with E-state index in [0.717, 1.165) is 18.2 Å². The molecule has 0 unspecified atom stereocenters. The van der Waals surface area contributed by atoms with Crippen LogP contribution in [0.5, 0.6) is 0 Å². The van der Waals surface area contributed by atoms with Crippen molar-refractivity contribution in [3.63, 3.8) is 0 Å². The zero-order chi connectivity index (χ0) is 10.5. The molecule has 0 aromatic rings. The molecule has 0 amide bonds. The lowest BCUT2D eigenvalue weighted by molar-refractivity contribution is -0.140. The lowest BCUT2D eigenvalue weighted by Gasteiger charge is -2.07. The molecule has 0 rings (SSSR count). The maximum atomic E-state index is 10.8. The van der Waals surface area contributed by atoms with Crippen LogP contribution in [0.3, 0.4) is 0 Å². The van der Waals surface area contributed by atoms with Crippen molar-refractivity contribution in [1.29, 1.82) is 15.8 Å². The van der Waals surface area contributed by atoms with Gasteiger partial charge in [-0.2, -0.15) is 15.8 Å². The summed E-state index contributed by atoms with van der Waals surface area (Å²) in [5, 5.41) is 41.2. The Morgan fingerprint density at radius 2 is 1.62 bits per heavy atom. The summed E-state index contributed by atoms with van der Waals surface area (Å²) >= 11 is 0. The predicted molar refractivity (Wildman–Crippen MR) is 35.6 cm³/mol. The van der Waals surface area contributed by atoms with Crippen LogP contribution in [0.1, 0.15) is 0 Å². The summed E-state index contributed by atoms with van der Waals surface area (Å²) in [6.07, 6.45) is 0. The molecule has 0 aliphatic heterocycles. The molecule has 7 nitrogen and oxygen atoms in total. The molecule has 0 atom stereocenters. The van der Waals surface area contributed by atoms with Crippen molar-refractivity contribution in [3.8, 4) is 18.2 Å². The van der Waals surface area contributed by atoms with Crippen LogP contribution >= 0.6 is 0 Å². The van der Waals surface area contributed by atoms with Gasteiger partial charge in [-0.3, -0.25) is 0 Å². The predicted octanol–water partition coefficient (Wildman–Crippen LogP) is -1.94. The van der Waals surface area contributed by atoms with Crippen LogP contribution in [0.4, 0.5) is 0 Å². The van der Waals surface area contributed by atoms with Crippen LogP contribution in [-0.2, 0) is 9.45 Å². The third kappa shape index (κ3) is 2.18. The van der Waals surface area contributed by atoms with Crippen molar-refractivity contribution in [3.05, 3.63) is 0 Å². The first-order valence-corrected chi connectivity index (χ1v) is 2.83. The molecule has 64 valence electrons. The minimum absolute atomic E-state index is 1.10. The summed E-state index contributed by atoms with van der Waals surface area (Å²) in [6, 6.07) is 3.30. The molecule has 0 bridgehead atoms. The maximum Gasteiger partial charge on any atom is 0.709 e. The quantitative estimate of drug-likeness (QED) is 0.469. The Kier molecular flexibility index (Phi) is 3.43. The number of carbonyl (C=O) groups excluding carboxylic acids is 1. The Labute approximate surface area is 73.2 Å². The highest BCUT2D eigenvalue weighted by atomic mass is 16.6. The highest BCUT2D eigenvalue weighted by molar-refractivity contribution is 6.36. The number of hydrogen-bond acceptors (Lipinski definition) is 7. The van der Waals surface area contributed by atoms with Crippen LogP contribution in [0.15, 0.2) is 0 Å². The molecule has 0 aromatic carbocycles. The molecule has 8 heteroatoms. The minimum Gasteiger partial charge on any atom is -0.482 e. The third-order valence-corrected chi connectivity index (χ3v) is 1.02. The van der Waals surface area contributed by atoms with E-state index >= 15 is 0 Å². The molecule has 13 heavy (non-hydrogen) atoms. The molecule has 2 N–H and O–H groups in total. The fraction of sp³-hybridized carbons (Fsp3) is 0.200. The summed E-state index contributed by atoms with van der Waals surface area (Å²) in [5.74, 6) is -1.62. The first-order chi connectivity index (χ1) is 6.02. The van der Waals surface area contributed by atoms with Gasteiger partial charge in [-0.25, -0.2) is 4.79 Å². The molecule has 0 spiro atoms. The summed E-state index contributed by atoms with van der Waals surface area (Å²) in [5.41, 5.74) is -2.65. The van der Waals surface area contributed by atoms with Gasteiger partial charge in [0.15, 0.2) is 0 Å². The van der Waals surface area contributed by atoms with Crippen molar-refractivity contribution >= 4 is 13.3 Å². The van der Waals surface area contributed by atoms with Gasteiger partial charge in [0, 0.05) is 0 Å². The lowest BCUT2D eigenvalue weighted by atomic mass is 9.94. The molecular weight excluding hydrogens is 177 g/mol. The van der Waals surface area contributed by atoms with Gasteiger partial charge < -0.3 is 14.7 Å². The Bertz CT molecular complexity index is 297. The fourth-order valence-electron chi connectivity index (χ4n) is 0.396. The zero-order valence-corrected chi connectivity index (χ0v) is 6.13. The second-order valence-corrected chi connectivity index (χ2v) is 1.82. The second kappa shape index (κ2) is 4.08. The molecule has 0 saturated carbocycles. The number of hydrogen-bond donors (Lipinski definition) is 2. The van der Waals surface area contributed by atoms with Gasteiger partial charge >= 0.3 is 18.7 Å². The van der Waals surface area contributed by atoms with E-state index in [1.165, 1.54) is 0 Å². The topological polar surface area (TPSA) is 138 Å². The maximum absolute atomic E-state index is 10.8. The molecule has 0 radical (unpaired) electrons. The molecule has 0 fully saturated rings. The molecule has 0 saturated heterocycles. The summed E-state index contributed by atoms with van der Waals surface area (Å²) in [6.45, 7) is 0. The zero-order valence-electron chi connectivity index (χ0n) is 6.13. The highest BCUT2D eigenvalue weighted by Gasteiger charge is 2.43. The summed E-state index contributed by atoms with van der Waals surface area (Å²) in [7, 11) is -2.46. The van der Waals surface area contributed by atoms with E-state index in [2.05, 4.69) is 4.65 Å². The third-order valence-electron chi connectivity index (χ3n) is 1.02. The van der Waals surface area contributed by atoms with Gasteiger partial charge in [0.05, 0.1) is 0 Å². The molecule has 0 aromatic heterocycles. The Morgan fingerprint density at radius 3 is 1.85 bits per heavy atom. The van der Waals surface area contributed by atoms with Gasteiger partial charge in [-0.1, -0.05) is 0 Å². The largest absolute Gasteiger partial charge is 0.709 e. The molecular formula is C5H2BN3O4. The van der Waals surface area contributed by atoms with E-state index in [4.69, 9.17) is 25.8 Å². The van der Waals surface area contributed by atoms with E-state index in [1.54, 1.807) is 0 Å². The average Bonchev–Trinajstić information content (AvgIpc) is 2.07. The first kappa shape index (κ1) is 10.9. The van der Waals surface area contributed by atoms with E-state index < -0.39 is 18.7 Å². The average molecular weight is 179 g/mol. The fourth-order valence-corrected chi connectivity index (χ4v) is 0.396. The van der Waals surface area contributed by atoms with Gasteiger partial charge in [-0.15, -0.1) is 0 Å². The minimum atomic E-state index is -2.65. The van der Waals surface area contributed by atoms with Crippen molar-refractivity contribution in [2.24, 2.45) is 5.41 Å². The molecule has 0 aliphatic rings. The summed E-state index contributed by atoms with van der Waals surface area (Å²) in [4.78, 5) is 10.8. The highest BCUT2D eigenvalue weighted by Crippen LogP contribution is 2.15. The molecule has 0 aliphatic carbocycles. The van der Waals surface area contributed by atoms with Crippen molar-refractivity contribution in [2.75, 3.05) is 0 Å². The second-order valence-electron chi connectivity index (χ2n) is 1.82. The Balaban J connectivity index is 4.85. The van der Waals surface area contributed by atoms with Crippen LogP contribution < -0.4 is 0 Å². The van der Waals surface area contributed by atoms with Crippen LogP contribution in [-0.4, -0.2) is 23.3 Å². The normalized spacial score (nSPS) is 8.85. The number of nitriles is 3. The van der Waals surface area contributed by atoms with Crippen molar-refractivity contribution < 1.29 is 19.5 Å². The van der Waals surface area contributed by atoms with Gasteiger partial charge in [-0.05, 0) is 0 Å². The number of carbonyl (C=O) groups is 1. The van der Waals surface area contributed by atoms with E-state index in [1.807, 2.05) is 0 Å². The van der Waals surface area contributed by atoms with E-state index in [0.29, 0.717) is 0 Å². The van der Waals surface area contributed by atoms with Crippen LogP contribution in [0.2, 0.25) is 0 Å². The van der Waals surface area contributed by atoms with Gasteiger partial charge in [0.25, 0.3) is 0 Å². The van der Waals surface area contributed by atoms with E-state index in [-0.39, 0.29) is 0 Å². The smallest absolute Gasteiger partial charge is 0.482 e. The standard InChI is InChI=1S/C5H2BN3O4/c7-1-5(2-8,3-9)4(10)13-6(11)12/h11-12H. The Hall–Kier alpha value is -2.08. The number of nitrogens with zero attached hydrogens (tertiary/aromatic N) is 3. The van der Waals surface area contributed by atoms with Gasteiger partial charge in [0.1, 0.15) is 18.2 Å². The first-order valence-electron chi connectivity index (χ1n) is 2.83. The van der Waals surface area contributed by atoms with Crippen molar-refractivity contribution in [2.45, 2.75) is 0 Å². The SMILES string of the molecule is N#CC(C#N)(C#N)C(=O)OB(O)O. The monoisotopic (exact) mass is 179 g/mol. The lowest BCUT2D eigenvalue weighted by Crippen LogP contribution is -2.34. The molecule has 0 heterocycles. The van der Waals surface area contributed by atoms with Crippen LogP contribution in [0.25, 0.3) is 0 Å². The van der Waals surface area contributed by atoms with Gasteiger partial charge in [0.2, 0.25) is 0 Å². The van der Waals surface area contributed by atoms with Crippen LogP contribution in [0, 0.1) is 39.4 Å². The summed E-state index contributed by atoms with van der Waals surface area (Å²) < 4.78 is 3.69. The Morgan fingerprint density at radius 1 is 1.23 bits per heavy atom. The van der Waals surface area contributed by atoms with Crippen molar-refractivity contribution in [1.82, 2.24) is 0 Å². The van der Waals surface area contributed by atoms with E-state index in [9.17, 15) is 4.79 Å².